The number of hydrogen-bond donors (Lipinski definition) is 2. The summed E-state index contributed by atoms with van der Waals surface area (Å²) in [5.74, 6) is 1.66. The highest BCUT2D eigenvalue weighted by Crippen LogP contribution is 2.65. The zero-order chi connectivity index (χ0) is 18.7. The lowest BCUT2D eigenvalue weighted by molar-refractivity contribution is -0.127. The van der Waals surface area contributed by atoms with Gasteiger partial charge < -0.3 is 15.8 Å². The molecule has 7 atom stereocenters. The van der Waals surface area contributed by atoms with E-state index in [1.165, 1.54) is 25.7 Å². The van der Waals surface area contributed by atoms with E-state index in [1.807, 2.05) is 13.2 Å². The summed E-state index contributed by atoms with van der Waals surface area (Å²) in [5.41, 5.74) is 5.84. The molecule has 0 aromatic rings. The summed E-state index contributed by atoms with van der Waals surface area (Å²) in [6.07, 6.45) is 9.01. The molecule has 0 spiro atoms. The van der Waals surface area contributed by atoms with Gasteiger partial charge in [0.05, 0.1) is 0 Å². The Labute approximate surface area is 156 Å². The van der Waals surface area contributed by atoms with Crippen LogP contribution < -0.4 is 11.1 Å². The van der Waals surface area contributed by atoms with Gasteiger partial charge in [-0.2, -0.15) is 0 Å². The maximum Gasteiger partial charge on any atom is 0.256 e. The molecule has 0 aromatic carbocycles. The maximum atomic E-state index is 12.2. The van der Waals surface area contributed by atoms with Crippen molar-refractivity contribution in [1.29, 1.82) is 0 Å². The van der Waals surface area contributed by atoms with Gasteiger partial charge in [-0.3, -0.25) is 9.59 Å². The minimum Gasteiger partial charge on any atom is -0.384 e. The van der Waals surface area contributed by atoms with Crippen LogP contribution >= 0.6 is 0 Å². The second-order valence-electron chi connectivity index (χ2n) is 9.54. The van der Waals surface area contributed by atoms with Gasteiger partial charge in [0.25, 0.3) is 11.8 Å². The zero-order valence-corrected chi connectivity index (χ0v) is 16.2. The Hall–Kier alpha value is -1.36. The number of carbonyl (C=O) groups is 2. The number of hydrogen-bond acceptors (Lipinski definition) is 3. The molecule has 5 heteroatoms. The average molecular weight is 360 g/mol. The smallest absolute Gasteiger partial charge is 0.256 e. The van der Waals surface area contributed by atoms with Crippen molar-refractivity contribution >= 4 is 11.8 Å². The molecule has 2 amide bonds. The van der Waals surface area contributed by atoms with Crippen LogP contribution in [0.1, 0.15) is 52.4 Å². The quantitative estimate of drug-likeness (QED) is 0.758. The van der Waals surface area contributed by atoms with E-state index in [4.69, 9.17) is 10.5 Å². The van der Waals surface area contributed by atoms with Crippen LogP contribution in [0.5, 0.6) is 0 Å². The molecule has 3 saturated carbocycles. The van der Waals surface area contributed by atoms with E-state index < -0.39 is 5.91 Å². The van der Waals surface area contributed by atoms with E-state index in [1.54, 1.807) is 0 Å². The first kappa shape index (κ1) is 18.0. The van der Waals surface area contributed by atoms with E-state index in [0.29, 0.717) is 23.2 Å². The second kappa shape index (κ2) is 6.08. The Kier molecular flexibility index (Phi) is 4.22. The van der Waals surface area contributed by atoms with Crippen molar-refractivity contribution in [2.45, 2.75) is 58.4 Å². The number of carbonyl (C=O) groups excluding carboxylic acids is 2. The molecule has 5 nitrogen and oxygen atoms in total. The lowest BCUT2D eigenvalue weighted by Gasteiger charge is -2.59. The normalized spacial score (nSPS) is 47.3. The van der Waals surface area contributed by atoms with Crippen LogP contribution in [0.15, 0.2) is 11.6 Å². The van der Waals surface area contributed by atoms with Crippen molar-refractivity contribution in [3.8, 4) is 0 Å². The molecule has 3 fully saturated rings. The van der Waals surface area contributed by atoms with Gasteiger partial charge in [-0.25, -0.2) is 0 Å². The fraction of sp³-hybridized carbons (Fsp3) is 0.810. The molecular weight excluding hydrogens is 328 g/mol. The zero-order valence-electron chi connectivity index (χ0n) is 16.2. The number of primary amides is 1. The highest BCUT2D eigenvalue weighted by atomic mass is 16.5. The Bertz CT molecular complexity index is 660. The Morgan fingerprint density at radius 1 is 1.23 bits per heavy atom. The molecule has 2 unspecified atom stereocenters. The minimum atomic E-state index is -0.606. The van der Waals surface area contributed by atoms with Crippen molar-refractivity contribution in [1.82, 2.24) is 5.32 Å². The van der Waals surface area contributed by atoms with Gasteiger partial charge in [-0.05, 0) is 67.6 Å². The van der Waals surface area contributed by atoms with E-state index in [0.717, 1.165) is 25.4 Å². The molecule has 0 bridgehead atoms. The van der Waals surface area contributed by atoms with Crippen molar-refractivity contribution in [2.75, 3.05) is 13.7 Å². The molecule has 1 heterocycles. The molecule has 0 saturated heterocycles. The van der Waals surface area contributed by atoms with Gasteiger partial charge in [0, 0.05) is 25.2 Å². The predicted octanol–water partition coefficient (Wildman–Crippen LogP) is 2.40. The first-order chi connectivity index (χ1) is 12.3. The molecule has 0 aromatic heterocycles. The number of ether oxygens (including phenoxy) is 1. The summed E-state index contributed by atoms with van der Waals surface area (Å²) in [6.45, 7) is 5.58. The Morgan fingerprint density at radius 2 is 2.00 bits per heavy atom. The van der Waals surface area contributed by atoms with Gasteiger partial charge in [-0.15, -0.1) is 0 Å². The monoisotopic (exact) mass is 360 g/mol. The largest absolute Gasteiger partial charge is 0.384 e. The third kappa shape index (κ3) is 2.39. The fourth-order valence-corrected chi connectivity index (χ4v) is 7.21. The van der Waals surface area contributed by atoms with E-state index in [-0.39, 0.29) is 22.9 Å². The summed E-state index contributed by atoms with van der Waals surface area (Å²) in [4.78, 5) is 24.0. The van der Waals surface area contributed by atoms with Gasteiger partial charge in [0.15, 0.2) is 0 Å². The minimum absolute atomic E-state index is 0.125. The SMILES string of the molecule is COCC1CC[C@H]2[C@@H]3CCC4NC(=O)C(C(N)=O)=C[C@]4(C)[C@@H]3CC[C@]12C. The molecule has 4 aliphatic rings. The lowest BCUT2D eigenvalue weighted by Crippen LogP contribution is -2.60. The highest BCUT2D eigenvalue weighted by molar-refractivity contribution is 6.18. The van der Waals surface area contributed by atoms with Crippen LogP contribution in [0.3, 0.4) is 0 Å². The Morgan fingerprint density at radius 3 is 2.69 bits per heavy atom. The van der Waals surface area contributed by atoms with Gasteiger partial charge >= 0.3 is 0 Å². The van der Waals surface area contributed by atoms with E-state index in [9.17, 15) is 9.59 Å². The predicted molar refractivity (Wildman–Crippen MR) is 99.0 cm³/mol. The van der Waals surface area contributed by atoms with Gasteiger partial charge in [0.1, 0.15) is 5.57 Å². The standard InChI is InChI=1S/C21H32N2O3/c1-20-9-8-16-13(15(20)6-4-12(20)11-26-3)5-7-17-21(16,2)10-14(18(22)24)19(25)23-17/h10,12-13,15-17H,4-9,11H2,1-3H3,(H2,22,24)(H,23,25)/t12?,13-,15-,16+,17?,20+,21+/m0/s1. The molecule has 26 heavy (non-hydrogen) atoms. The van der Waals surface area contributed by atoms with Gasteiger partial charge in [0.2, 0.25) is 0 Å². The molecule has 1 aliphatic heterocycles. The van der Waals surface area contributed by atoms with Crippen LogP contribution in [-0.4, -0.2) is 31.6 Å². The third-order valence-electron chi connectivity index (χ3n) is 8.61. The van der Waals surface area contributed by atoms with Crippen molar-refractivity contribution in [2.24, 2.45) is 40.2 Å². The summed E-state index contributed by atoms with van der Waals surface area (Å²) >= 11 is 0. The number of rotatable bonds is 3. The molecule has 4 rings (SSSR count). The topological polar surface area (TPSA) is 81.4 Å². The number of nitrogens with one attached hydrogen (secondary N) is 1. The maximum absolute atomic E-state index is 12.2. The third-order valence-corrected chi connectivity index (χ3v) is 8.61. The number of fused-ring (bicyclic) bond motifs is 5. The van der Waals surface area contributed by atoms with Crippen LogP contribution in [0.2, 0.25) is 0 Å². The number of methoxy groups -OCH3 is 1. The number of nitrogens with two attached hydrogens (primary N) is 1. The molecule has 3 N–H and O–H groups in total. The summed E-state index contributed by atoms with van der Waals surface area (Å²) in [6, 6.07) is 0.125. The number of amides is 2. The Balaban J connectivity index is 1.67. The lowest BCUT2D eigenvalue weighted by atomic mass is 9.47. The van der Waals surface area contributed by atoms with Crippen LogP contribution in [-0.2, 0) is 14.3 Å². The van der Waals surface area contributed by atoms with Gasteiger partial charge in [-0.1, -0.05) is 19.9 Å². The molecular formula is C21H32N2O3. The van der Waals surface area contributed by atoms with Crippen molar-refractivity contribution in [3.05, 3.63) is 11.6 Å². The van der Waals surface area contributed by atoms with Crippen molar-refractivity contribution in [3.63, 3.8) is 0 Å². The summed E-state index contributed by atoms with van der Waals surface area (Å²) in [5, 5.41) is 3.09. The first-order valence-electron chi connectivity index (χ1n) is 10.1. The molecule has 144 valence electrons. The highest BCUT2D eigenvalue weighted by Gasteiger charge is 2.60. The van der Waals surface area contributed by atoms with E-state index >= 15 is 0 Å². The average Bonchev–Trinajstić information content (AvgIpc) is 2.92. The fourth-order valence-electron chi connectivity index (χ4n) is 7.21. The van der Waals surface area contributed by atoms with Crippen LogP contribution in [0.4, 0.5) is 0 Å². The molecule has 0 radical (unpaired) electrons. The summed E-state index contributed by atoms with van der Waals surface area (Å²) in [7, 11) is 1.81. The second-order valence-corrected chi connectivity index (χ2v) is 9.54. The summed E-state index contributed by atoms with van der Waals surface area (Å²) < 4.78 is 5.53. The van der Waals surface area contributed by atoms with Crippen LogP contribution in [0.25, 0.3) is 0 Å². The molecule has 3 aliphatic carbocycles. The van der Waals surface area contributed by atoms with E-state index in [2.05, 4.69) is 19.2 Å². The van der Waals surface area contributed by atoms with Crippen LogP contribution in [0, 0.1) is 34.5 Å². The van der Waals surface area contributed by atoms with Crippen molar-refractivity contribution < 1.29 is 14.3 Å². The first-order valence-corrected chi connectivity index (χ1v) is 10.1.